The maximum Gasteiger partial charge on any atom is 0.220 e. The molecule has 1 atom stereocenters. The molecule has 4 nitrogen and oxygen atoms in total. The third-order valence-electron chi connectivity index (χ3n) is 3.46. The van der Waals surface area contributed by atoms with E-state index in [1.165, 1.54) is 12.8 Å². The van der Waals surface area contributed by atoms with Crippen LogP contribution in [0, 0.1) is 5.92 Å². The van der Waals surface area contributed by atoms with Crippen LogP contribution in [0.25, 0.3) is 0 Å². The third-order valence-corrected chi connectivity index (χ3v) is 3.46. The van der Waals surface area contributed by atoms with Gasteiger partial charge in [-0.25, -0.2) is 0 Å². The maximum absolute atomic E-state index is 11.8. The molecule has 2 heterocycles. The molecule has 2 saturated heterocycles. The first-order chi connectivity index (χ1) is 7.84. The van der Waals surface area contributed by atoms with Gasteiger partial charge in [-0.1, -0.05) is 0 Å². The van der Waals surface area contributed by atoms with E-state index in [9.17, 15) is 4.79 Å². The van der Waals surface area contributed by atoms with Gasteiger partial charge in [-0.05, 0) is 44.7 Å². The molecule has 0 aromatic heterocycles. The normalized spacial score (nSPS) is 27.6. The molecule has 2 aliphatic heterocycles. The second-order valence-electron chi connectivity index (χ2n) is 4.87. The van der Waals surface area contributed by atoms with Crippen molar-refractivity contribution in [1.82, 2.24) is 10.6 Å². The Balaban J connectivity index is 1.66. The van der Waals surface area contributed by atoms with E-state index in [1.807, 2.05) is 0 Å². The van der Waals surface area contributed by atoms with Crippen LogP contribution in [0.1, 0.15) is 32.1 Å². The Morgan fingerprint density at radius 1 is 1.31 bits per heavy atom. The molecular formula is C12H22N2O2. The van der Waals surface area contributed by atoms with E-state index >= 15 is 0 Å². The number of hydrogen-bond acceptors (Lipinski definition) is 3. The Labute approximate surface area is 97.1 Å². The molecule has 4 heteroatoms. The molecule has 0 saturated carbocycles. The van der Waals surface area contributed by atoms with E-state index in [0.29, 0.717) is 18.4 Å². The number of piperidine rings is 1. The molecular weight excluding hydrogens is 204 g/mol. The van der Waals surface area contributed by atoms with Gasteiger partial charge in [0.25, 0.3) is 0 Å². The van der Waals surface area contributed by atoms with E-state index in [1.54, 1.807) is 0 Å². The average Bonchev–Trinajstić information content (AvgIpc) is 2.31. The number of carbonyl (C=O) groups excluding carboxylic acids is 1. The van der Waals surface area contributed by atoms with Crippen molar-refractivity contribution >= 4 is 5.91 Å². The van der Waals surface area contributed by atoms with Gasteiger partial charge in [-0.15, -0.1) is 0 Å². The highest BCUT2D eigenvalue weighted by Crippen LogP contribution is 2.14. The summed E-state index contributed by atoms with van der Waals surface area (Å²) in [6.45, 7) is 3.69. The quantitative estimate of drug-likeness (QED) is 0.743. The highest BCUT2D eigenvalue weighted by Gasteiger charge is 2.20. The van der Waals surface area contributed by atoms with Gasteiger partial charge in [0.15, 0.2) is 0 Å². The molecule has 2 fully saturated rings. The largest absolute Gasteiger partial charge is 0.381 e. The van der Waals surface area contributed by atoms with Crippen molar-refractivity contribution in [3.8, 4) is 0 Å². The summed E-state index contributed by atoms with van der Waals surface area (Å²) in [7, 11) is 0. The standard InChI is InChI=1S/C12H22N2O2/c15-12(8-10-2-1-5-13-9-10)14-11-3-6-16-7-4-11/h10-11,13H,1-9H2,(H,14,15). The molecule has 2 N–H and O–H groups in total. The molecule has 0 aromatic rings. The van der Waals surface area contributed by atoms with Crippen molar-refractivity contribution in [2.75, 3.05) is 26.3 Å². The number of nitrogens with one attached hydrogen (secondary N) is 2. The van der Waals surface area contributed by atoms with Crippen molar-refractivity contribution in [2.24, 2.45) is 5.92 Å². The van der Waals surface area contributed by atoms with Crippen LogP contribution in [-0.2, 0) is 9.53 Å². The lowest BCUT2D eigenvalue weighted by Crippen LogP contribution is -2.41. The number of hydrogen-bond donors (Lipinski definition) is 2. The molecule has 0 radical (unpaired) electrons. The molecule has 1 unspecified atom stereocenters. The summed E-state index contributed by atoms with van der Waals surface area (Å²) >= 11 is 0. The molecule has 16 heavy (non-hydrogen) atoms. The highest BCUT2D eigenvalue weighted by atomic mass is 16.5. The Hall–Kier alpha value is -0.610. The molecule has 92 valence electrons. The van der Waals surface area contributed by atoms with E-state index in [2.05, 4.69) is 10.6 Å². The topological polar surface area (TPSA) is 50.4 Å². The summed E-state index contributed by atoms with van der Waals surface area (Å²) in [5.74, 6) is 0.759. The summed E-state index contributed by atoms with van der Waals surface area (Å²) in [4.78, 5) is 11.8. The fourth-order valence-electron chi connectivity index (χ4n) is 2.49. The molecule has 0 bridgehead atoms. The first kappa shape index (κ1) is 11.9. The highest BCUT2D eigenvalue weighted by molar-refractivity contribution is 5.76. The van der Waals surface area contributed by atoms with Crippen molar-refractivity contribution in [3.63, 3.8) is 0 Å². The average molecular weight is 226 g/mol. The zero-order valence-electron chi connectivity index (χ0n) is 9.84. The molecule has 2 rings (SSSR count). The number of amides is 1. The predicted molar refractivity (Wildman–Crippen MR) is 62.2 cm³/mol. The van der Waals surface area contributed by atoms with Crippen LogP contribution in [0.2, 0.25) is 0 Å². The fraction of sp³-hybridized carbons (Fsp3) is 0.917. The second-order valence-corrected chi connectivity index (χ2v) is 4.87. The van der Waals surface area contributed by atoms with Gasteiger partial charge in [0.05, 0.1) is 0 Å². The summed E-state index contributed by atoms with van der Waals surface area (Å²) in [6, 6.07) is 0.345. The number of rotatable bonds is 3. The van der Waals surface area contributed by atoms with Crippen molar-refractivity contribution in [3.05, 3.63) is 0 Å². The van der Waals surface area contributed by atoms with Gasteiger partial charge in [0.1, 0.15) is 0 Å². The molecule has 0 spiro atoms. The second kappa shape index (κ2) is 6.21. The summed E-state index contributed by atoms with van der Waals surface area (Å²) < 4.78 is 5.27. The molecule has 1 amide bonds. The fourth-order valence-corrected chi connectivity index (χ4v) is 2.49. The first-order valence-corrected chi connectivity index (χ1v) is 6.42. The van der Waals surface area contributed by atoms with Crippen LogP contribution in [0.3, 0.4) is 0 Å². The minimum absolute atomic E-state index is 0.223. The number of carbonyl (C=O) groups is 1. The molecule has 2 aliphatic rings. The lowest BCUT2D eigenvalue weighted by Gasteiger charge is -2.26. The van der Waals surface area contributed by atoms with Crippen LogP contribution in [0.15, 0.2) is 0 Å². The predicted octanol–water partition coefficient (Wildman–Crippen LogP) is 0.671. The minimum atomic E-state index is 0.223. The summed E-state index contributed by atoms with van der Waals surface area (Å²) in [5.41, 5.74) is 0. The molecule has 0 aliphatic carbocycles. The van der Waals surface area contributed by atoms with Crippen molar-refractivity contribution in [1.29, 1.82) is 0 Å². The van der Waals surface area contributed by atoms with Crippen LogP contribution >= 0.6 is 0 Å². The zero-order valence-corrected chi connectivity index (χ0v) is 9.84. The Kier molecular flexibility index (Phi) is 4.60. The number of ether oxygens (including phenoxy) is 1. The van der Waals surface area contributed by atoms with Gasteiger partial charge in [-0.2, -0.15) is 0 Å². The van der Waals surface area contributed by atoms with Crippen LogP contribution in [0.5, 0.6) is 0 Å². The minimum Gasteiger partial charge on any atom is -0.381 e. The summed E-state index contributed by atoms with van der Waals surface area (Å²) in [5, 5.41) is 6.46. The monoisotopic (exact) mass is 226 g/mol. The summed E-state index contributed by atoms with van der Waals surface area (Å²) in [6.07, 6.45) is 5.01. The Bertz CT molecular complexity index is 199. The van der Waals surface area contributed by atoms with Crippen LogP contribution in [-0.4, -0.2) is 38.3 Å². The van der Waals surface area contributed by atoms with E-state index < -0.39 is 0 Å². The van der Waals surface area contributed by atoms with Gasteiger partial charge in [-0.3, -0.25) is 4.79 Å². The van der Waals surface area contributed by atoms with E-state index in [0.717, 1.165) is 39.1 Å². The third kappa shape index (κ3) is 3.76. The van der Waals surface area contributed by atoms with Gasteiger partial charge in [0.2, 0.25) is 5.91 Å². The van der Waals surface area contributed by atoms with Crippen LogP contribution in [0.4, 0.5) is 0 Å². The van der Waals surface area contributed by atoms with Gasteiger partial charge in [0, 0.05) is 25.7 Å². The first-order valence-electron chi connectivity index (χ1n) is 6.42. The van der Waals surface area contributed by atoms with E-state index in [4.69, 9.17) is 4.74 Å². The maximum atomic E-state index is 11.8. The van der Waals surface area contributed by atoms with E-state index in [-0.39, 0.29) is 5.91 Å². The lowest BCUT2D eigenvalue weighted by atomic mass is 9.95. The molecule has 0 aromatic carbocycles. The smallest absolute Gasteiger partial charge is 0.220 e. The zero-order chi connectivity index (χ0) is 11.2. The van der Waals surface area contributed by atoms with Crippen molar-refractivity contribution < 1.29 is 9.53 Å². The Morgan fingerprint density at radius 3 is 2.81 bits per heavy atom. The lowest BCUT2D eigenvalue weighted by molar-refractivity contribution is -0.123. The van der Waals surface area contributed by atoms with Crippen molar-refractivity contribution in [2.45, 2.75) is 38.1 Å². The van der Waals surface area contributed by atoms with Crippen LogP contribution < -0.4 is 10.6 Å². The Morgan fingerprint density at radius 2 is 2.12 bits per heavy atom. The SMILES string of the molecule is O=C(CC1CCCNC1)NC1CCOCC1. The van der Waals surface area contributed by atoms with Gasteiger partial charge >= 0.3 is 0 Å². The van der Waals surface area contributed by atoms with Gasteiger partial charge < -0.3 is 15.4 Å².